The van der Waals surface area contributed by atoms with Gasteiger partial charge >= 0.3 is 0 Å². The lowest BCUT2D eigenvalue weighted by Crippen LogP contribution is -1.95. The topological polar surface area (TPSA) is 25.8 Å². The van der Waals surface area contributed by atoms with Gasteiger partial charge in [-0.25, -0.2) is 9.97 Å². The zero-order valence-electron chi connectivity index (χ0n) is 7.52. The minimum atomic E-state index is -0.320. The van der Waals surface area contributed by atoms with Gasteiger partial charge < -0.3 is 0 Å². The number of nitrogens with zero attached hydrogens (tertiary/aromatic N) is 2. The van der Waals surface area contributed by atoms with Gasteiger partial charge in [0.05, 0.1) is 5.52 Å². The van der Waals surface area contributed by atoms with Crippen molar-refractivity contribution < 1.29 is 0 Å². The van der Waals surface area contributed by atoms with Crippen molar-refractivity contribution >= 4 is 22.5 Å². The van der Waals surface area contributed by atoms with Crippen LogP contribution in [0.5, 0.6) is 0 Å². The molecule has 1 unspecified atom stereocenters. The first-order valence-corrected chi connectivity index (χ1v) is 4.73. The van der Waals surface area contributed by atoms with E-state index in [1.54, 1.807) is 12.3 Å². The fourth-order valence-electron chi connectivity index (χ4n) is 1.22. The van der Waals surface area contributed by atoms with Crippen LogP contribution >= 0.6 is 11.6 Å². The van der Waals surface area contributed by atoms with E-state index in [-0.39, 0.29) is 5.38 Å². The molecule has 3 heteroatoms. The Morgan fingerprint density at radius 3 is 2.93 bits per heavy atom. The second kappa shape index (κ2) is 3.76. The first-order chi connectivity index (χ1) is 6.81. The SMILES string of the molecule is C=CC(Cl)c1ncc2ccccc2n1. The zero-order valence-corrected chi connectivity index (χ0v) is 8.28. The molecule has 2 rings (SSSR count). The molecular formula is C11H9ClN2. The van der Waals surface area contributed by atoms with Gasteiger partial charge in [0.2, 0.25) is 0 Å². The van der Waals surface area contributed by atoms with Crippen molar-refractivity contribution in [3.05, 3.63) is 48.9 Å². The molecule has 0 amide bonds. The Bertz CT molecular complexity index is 468. The fraction of sp³-hybridized carbons (Fsp3) is 0.0909. The molecule has 0 radical (unpaired) electrons. The van der Waals surface area contributed by atoms with E-state index in [1.165, 1.54) is 0 Å². The maximum atomic E-state index is 5.95. The summed E-state index contributed by atoms with van der Waals surface area (Å²) in [5.41, 5.74) is 0.907. The smallest absolute Gasteiger partial charge is 0.150 e. The fourth-order valence-corrected chi connectivity index (χ4v) is 1.33. The number of allylic oxidation sites excluding steroid dienone is 1. The average Bonchev–Trinajstić information content (AvgIpc) is 2.27. The normalized spacial score (nSPS) is 12.6. The Labute approximate surface area is 87.3 Å². The molecule has 0 aliphatic rings. The van der Waals surface area contributed by atoms with Crippen molar-refractivity contribution in [2.24, 2.45) is 0 Å². The molecule has 0 fully saturated rings. The monoisotopic (exact) mass is 204 g/mol. The Kier molecular flexibility index (Phi) is 2.46. The molecule has 0 aliphatic heterocycles. The quantitative estimate of drug-likeness (QED) is 0.555. The van der Waals surface area contributed by atoms with Crippen LogP contribution in [0.2, 0.25) is 0 Å². The minimum absolute atomic E-state index is 0.320. The van der Waals surface area contributed by atoms with Gasteiger partial charge in [-0.15, -0.1) is 18.2 Å². The summed E-state index contributed by atoms with van der Waals surface area (Å²) >= 11 is 5.95. The standard InChI is InChI=1S/C11H9ClN2/c1-2-9(12)11-13-7-8-5-3-4-6-10(8)14-11/h2-7,9H,1H2. The molecule has 1 atom stereocenters. The Balaban J connectivity index is 2.56. The molecule has 2 aromatic rings. The molecule has 0 aliphatic carbocycles. The summed E-state index contributed by atoms with van der Waals surface area (Å²) in [6.45, 7) is 3.61. The van der Waals surface area contributed by atoms with Crippen molar-refractivity contribution in [1.82, 2.24) is 9.97 Å². The highest BCUT2D eigenvalue weighted by atomic mass is 35.5. The third kappa shape index (κ3) is 1.61. The van der Waals surface area contributed by atoms with Crippen molar-refractivity contribution in [2.45, 2.75) is 5.38 Å². The molecule has 0 N–H and O–H groups in total. The van der Waals surface area contributed by atoms with Gasteiger partial charge in [0.1, 0.15) is 5.38 Å². The van der Waals surface area contributed by atoms with E-state index < -0.39 is 0 Å². The van der Waals surface area contributed by atoms with Crippen LogP contribution in [0.4, 0.5) is 0 Å². The summed E-state index contributed by atoms with van der Waals surface area (Å²) in [5, 5.41) is 0.698. The van der Waals surface area contributed by atoms with Gasteiger partial charge in [0, 0.05) is 11.6 Å². The van der Waals surface area contributed by atoms with Gasteiger partial charge in [-0.05, 0) is 6.07 Å². The molecule has 14 heavy (non-hydrogen) atoms. The first-order valence-electron chi connectivity index (χ1n) is 4.29. The summed E-state index contributed by atoms with van der Waals surface area (Å²) in [6, 6.07) is 7.80. The summed E-state index contributed by atoms with van der Waals surface area (Å²) in [5.74, 6) is 0.598. The van der Waals surface area contributed by atoms with E-state index in [4.69, 9.17) is 11.6 Å². The lowest BCUT2D eigenvalue weighted by molar-refractivity contribution is 0.992. The highest BCUT2D eigenvalue weighted by Crippen LogP contribution is 2.19. The second-order valence-corrected chi connectivity index (χ2v) is 3.39. The van der Waals surface area contributed by atoms with E-state index in [0.717, 1.165) is 10.9 Å². The molecule has 0 bridgehead atoms. The molecule has 0 saturated carbocycles. The highest BCUT2D eigenvalue weighted by molar-refractivity contribution is 6.21. The van der Waals surface area contributed by atoms with Crippen LogP contribution in [-0.2, 0) is 0 Å². The average molecular weight is 205 g/mol. The Hall–Kier alpha value is -1.41. The van der Waals surface area contributed by atoms with Crippen molar-refractivity contribution in [3.8, 4) is 0 Å². The number of para-hydroxylation sites is 1. The van der Waals surface area contributed by atoms with E-state index in [1.807, 2.05) is 24.3 Å². The van der Waals surface area contributed by atoms with E-state index in [9.17, 15) is 0 Å². The molecule has 2 nitrogen and oxygen atoms in total. The summed E-state index contributed by atoms with van der Waals surface area (Å²) in [6.07, 6.45) is 3.39. The van der Waals surface area contributed by atoms with Crippen LogP contribution in [0.25, 0.3) is 10.9 Å². The molecule has 70 valence electrons. The Morgan fingerprint density at radius 2 is 2.14 bits per heavy atom. The maximum absolute atomic E-state index is 5.95. The van der Waals surface area contributed by atoms with Gasteiger partial charge in [-0.3, -0.25) is 0 Å². The van der Waals surface area contributed by atoms with Crippen molar-refractivity contribution in [1.29, 1.82) is 0 Å². The number of alkyl halides is 1. The summed E-state index contributed by atoms with van der Waals surface area (Å²) < 4.78 is 0. The number of hydrogen-bond donors (Lipinski definition) is 0. The maximum Gasteiger partial charge on any atom is 0.150 e. The number of hydrogen-bond acceptors (Lipinski definition) is 2. The summed E-state index contributed by atoms with van der Waals surface area (Å²) in [4.78, 5) is 8.50. The highest BCUT2D eigenvalue weighted by Gasteiger charge is 2.06. The third-order valence-electron chi connectivity index (χ3n) is 1.96. The number of benzene rings is 1. The number of fused-ring (bicyclic) bond motifs is 1. The molecule has 0 spiro atoms. The molecule has 1 aromatic heterocycles. The van der Waals surface area contributed by atoms with Crippen LogP contribution in [0.1, 0.15) is 11.2 Å². The number of aromatic nitrogens is 2. The van der Waals surface area contributed by atoms with Crippen LogP contribution < -0.4 is 0 Å². The largest absolute Gasteiger partial charge is 0.239 e. The van der Waals surface area contributed by atoms with Crippen LogP contribution in [-0.4, -0.2) is 9.97 Å². The summed E-state index contributed by atoms with van der Waals surface area (Å²) in [7, 11) is 0. The van der Waals surface area contributed by atoms with Gasteiger partial charge in [0.25, 0.3) is 0 Å². The van der Waals surface area contributed by atoms with Crippen LogP contribution in [0.3, 0.4) is 0 Å². The lowest BCUT2D eigenvalue weighted by atomic mass is 10.2. The molecule has 1 heterocycles. The third-order valence-corrected chi connectivity index (χ3v) is 2.33. The predicted octanol–water partition coefficient (Wildman–Crippen LogP) is 3.10. The Morgan fingerprint density at radius 1 is 1.36 bits per heavy atom. The van der Waals surface area contributed by atoms with E-state index >= 15 is 0 Å². The number of rotatable bonds is 2. The van der Waals surface area contributed by atoms with Crippen molar-refractivity contribution in [3.63, 3.8) is 0 Å². The van der Waals surface area contributed by atoms with Crippen LogP contribution in [0.15, 0.2) is 43.1 Å². The van der Waals surface area contributed by atoms with Crippen molar-refractivity contribution in [2.75, 3.05) is 0 Å². The van der Waals surface area contributed by atoms with Gasteiger partial charge in [-0.1, -0.05) is 24.3 Å². The van der Waals surface area contributed by atoms with E-state index in [0.29, 0.717) is 5.82 Å². The van der Waals surface area contributed by atoms with E-state index in [2.05, 4.69) is 16.5 Å². The molecule has 0 saturated heterocycles. The second-order valence-electron chi connectivity index (χ2n) is 2.92. The van der Waals surface area contributed by atoms with Gasteiger partial charge in [-0.2, -0.15) is 0 Å². The lowest BCUT2D eigenvalue weighted by Gasteiger charge is -2.03. The number of halogens is 1. The molecule has 1 aromatic carbocycles. The minimum Gasteiger partial charge on any atom is -0.239 e. The first kappa shape index (κ1) is 9.16. The zero-order chi connectivity index (χ0) is 9.97. The predicted molar refractivity (Wildman–Crippen MR) is 58.3 cm³/mol. The molecular weight excluding hydrogens is 196 g/mol. The van der Waals surface area contributed by atoms with Gasteiger partial charge in [0.15, 0.2) is 5.82 Å². The van der Waals surface area contributed by atoms with Crippen LogP contribution in [0, 0.1) is 0 Å².